The molecule has 0 aliphatic carbocycles. The van der Waals surface area contributed by atoms with Gasteiger partial charge in [-0.1, -0.05) is 60.7 Å². The van der Waals surface area contributed by atoms with E-state index in [9.17, 15) is 5.11 Å². The number of aliphatic imine (C=N–C) groups is 1. The third-order valence-corrected chi connectivity index (χ3v) is 4.38. The van der Waals surface area contributed by atoms with E-state index in [1.54, 1.807) is 13.1 Å². The zero-order valence-corrected chi connectivity index (χ0v) is 15.2. The van der Waals surface area contributed by atoms with Crippen LogP contribution in [0.4, 0.5) is 5.69 Å². The molecule has 4 nitrogen and oxygen atoms in total. The number of aromatic nitrogens is 2. The molecule has 0 fully saturated rings. The Morgan fingerprint density at radius 3 is 2.22 bits per heavy atom. The largest absolute Gasteiger partial charge is 0.392 e. The van der Waals surface area contributed by atoms with Crippen LogP contribution < -0.4 is 0 Å². The average molecular weight is 355 g/mol. The molecule has 2 aromatic heterocycles. The quantitative estimate of drug-likeness (QED) is 0.533. The van der Waals surface area contributed by atoms with Crippen molar-refractivity contribution in [3.05, 3.63) is 96.3 Å². The van der Waals surface area contributed by atoms with Crippen molar-refractivity contribution in [1.29, 1.82) is 0 Å². The van der Waals surface area contributed by atoms with Crippen LogP contribution in [-0.2, 0) is 6.54 Å². The van der Waals surface area contributed by atoms with Gasteiger partial charge in [-0.2, -0.15) is 0 Å². The second-order valence-corrected chi connectivity index (χ2v) is 6.62. The van der Waals surface area contributed by atoms with Gasteiger partial charge in [0.1, 0.15) is 5.65 Å². The average Bonchev–Trinajstić information content (AvgIpc) is 3.09. The lowest BCUT2D eigenvalue weighted by molar-refractivity contribution is 0.175. The molecule has 0 amide bonds. The van der Waals surface area contributed by atoms with Crippen LogP contribution in [0.2, 0.25) is 0 Å². The number of benzene rings is 2. The highest BCUT2D eigenvalue weighted by molar-refractivity contribution is 6.14. The molecule has 4 heteroatoms. The van der Waals surface area contributed by atoms with Gasteiger partial charge in [0.25, 0.3) is 0 Å². The monoisotopic (exact) mass is 355 g/mol. The maximum absolute atomic E-state index is 9.64. The fourth-order valence-corrected chi connectivity index (χ4v) is 3.18. The van der Waals surface area contributed by atoms with Crippen molar-refractivity contribution < 1.29 is 5.11 Å². The van der Waals surface area contributed by atoms with E-state index < -0.39 is 6.10 Å². The normalized spacial score (nSPS) is 12.1. The molecule has 0 saturated heterocycles. The van der Waals surface area contributed by atoms with Gasteiger partial charge in [0.15, 0.2) is 0 Å². The number of hydrogen-bond donors (Lipinski definition) is 1. The van der Waals surface area contributed by atoms with E-state index in [2.05, 4.69) is 29.2 Å². The predicted molar refractivity (Wildman–Crippen MR) is 110 cm³/mol. The Morgan fingerprint density at radius 2 is 1.63 bits per heavy atom. The van der Waals surface area contributed by atoms with E-state index >= 15 is 0 Å². The molecule has 0 aliphatic heterocycles. The molecule has 1 N–H and O–H groups in total. The van der Waals surface area contributed by atoms with Crippen LogP contribution in [0.25, 0.3) is 11.0 Å². The van der Waals surface area contributed by atoms with Gasteiger partial charge in [-0.3, -0.25) is 0 Å². The van der Waals surface area contributed by atoms with Crippen LogP contribution in [0.15, 0.2) is 90.2 Å². The van der Waals surface area contributed by atoms with Gasteiger partial charge in [-0.05, 0) is 19.1 Å². The molecular weight excluding hydrogens is 334 g/mol. The minimum absolute atomic E-state index is 0.414. The number of aliphatic hydroxyl groups excluding tert-OH is 1. The number of rotatable bonds is 5. The molecule has 27 heavy (non-hydrogen) atoms. The highest BCUT2D eigenvalue weighted by Gasteiger charge is 2.09. The molecule has 4 rings (SSSR count). The van der Waals surface area contributed by atoms with Gasteiger partial charge in [0.05, 0.1) is 23.7 Å². The second kappa shape index (κ2) is 7.56. The highest BCUT2D eigenvalue weighted by atomic mass is 16.3. The van der Waals surface area contributed by atoms with Gasteiger partial charge in [-0.25, -0.2) is 9.98 Å². The maximum Gasteiger partial charge on any atom is 0.140 e. The molecule has 2 heterocycles. The first-order valence-corrected chi connectivity index (χ1v) is 9.03. The molecule has 0 aliphatic rings. The predicted octanol–water partition coefficient (Wildman–Crippen LogP) is 4.59. The van der Waals surface area contributed by atoms with Gasteiger partial charge in [0, 0.05) is 29.3 Å². The Kier molecular flexibility index (Phi) is 4.81. The second-order valence-electron chi connectivity index (χ2n) is 6.62. The molecule has 0 radical (unpaired) electrons. The number of hydrogen-bond acceptors (Lipinski definition) is 3. The highest BCUT2D eigenvalue weighted by Crippen LogP contribution is 2.23. The molecule has 1 unspecified atom stereocenters. The van der Waals surface area contributed by atoms with Gasteiger partial charge in [-0.15, -0.1) is 0 Å². The summed E-state index contributed by atoms with van der Waals surface area (Å²) < 4.78 is 1.96. The third kappa shape index (κ3) is 3.81. The Bertz CT molecular complexity index is 1030. The summed E-state index contributed by atoms with van der Waals surface area (Å²) in [5.41, 5.74) is 4.71. The first-order chi connectivity index (χ1) is 13.2. The number of nitrogens with zero attached hydrogens (tertiary/aromatic N) is 3. The van der Waals surface area contributed by atoms with E-state index in [4.69, 9.17) is 4.99 Å². The summed E-state index contributed by atoms with van der Waals surface area (Å²) in [7, 11) is 0. The SMILES string of the molecule is CC(O)Cn1ccc2cc(N=C(c3ccccc3)c3ccccc3)cnc21. The summed E-state index contributed by atoms with van der Waals surface area (Å²) >= 11 is 0. The van der Waals surface area contributed by atoms with Crippen molar-refractivity contribution in [2.45, 2.75) is 19.6 Å². The fourth-order valence-electron chi connectivity index (χ4n) is 3.18. The van der Waals surface area contributed by atoms with Gasteiger partial charge >= 0.3 is 0 Å². The van der Waals surface area contributed by atoms with Crippen molar-refractivity contribution in [2.24, 2.45) is 4.99 Å². The Hall–Kier alpha value is -3.24. The van der Waals surface area contributed by atoms with E-state index in [-0.39, 0.29) is 0 Å². The fraction of sp³-hybridized carbons (Fsp3) is 0.130. The van der Waals surface area contributed by atoms with Crippen LogP contribution in [-0.4, -0.2) is 26.5 Å². The number of fused-ring (bicyclic) bond motifs is 1. The van der Waals surface area contributed by atoms with E-state index in [0.717, 1.165) is 33.6 Å². The summed E-state index contributed by atoms with van der Waals surface area (Å²) in [6.07, 6.45) is 3.32. The third-order valence-electron chi connectivity index (χ3n) is 4.38. The summed E-state index contributed by atoms with van der Waals surface area (Å²) in [6, 6.07) is 24.4. The van der Waals surface area contributed by atoms with Crippen LogP contribution in [0, 0.1) is 0 Å². The minimum Gasteiger partial charge on any atom is -0.392 e. The van der Waals surface area contributed by atoms with E-state index in [1.165, 1.54) is 0 Å². The molecule has 134 valence electrons. The van der Waals surface area contributed by atoms with E-state index in [0.29, 0.717) is 6.54 Å². The number of pyridine rings is 1. The summed E-state index contributed by atoms with van der Waals surface area (Å²) in [5, 5.41) is 10.7. The van der Waals surface area contributed by atoms with Crippen molar-refractivity contribution in [1.82, 2.24) is 9.55 Å². The zero-order chi connectivity index (χ0) is 18.6. The van der Waals surface area contributed by atoms with Gasteiger partial charge < -0.3 is 9.67 Å². The standard InChI is InChI=1S/C23H21N3O/c1-17(27)16-26-13-12-20-14-21(15-24-23(20)26)25-22(18-8-4-2-5-9-18)19-10-6-3-7-11-19/h2-15,17,27H,16H2,1H3. The Labute approximate surface area is 158 Å². The van der Waals surface area contributed by atoms with Crippen LogP contribution in [0.5, 0.6) is 0 Å². The summed E-state index contributed by atoms with van der Waals surface area (Å²) in [6.45, 7) is 2.30. The molecule has 0 spiro atoms. The van der Waals surface area contributed by atoms with Crippen molar-refractivity contribution in [2.75, 3.05) is 0 Å². The molecule has 0 saturated carbocycles. The Balaban J connectivity index is 1.78. The van der Waals surface area contributed by atoms with Crippen molar-refractivity contribution in [3.8, 4) is 0 Å². The molecule has 4 aromatic rings. The minimum atomic E-state index is -0.414. The molecule has 2 aromatic carbocycles. The summed E-state index contributed by atoms with van der Waals surface area (Å²) in [5.74, 6) is 0. The van der Waals surface area contributed by atoms with Crippen LogP contribution in [0.1, 0.15) is 18.1 Å². The summed E-state index contributed by atoms with van der Waals surface area (Å²) in [4.78, 5) is 9.49. The van der Waals surface area contributed by atoms with Gasteiger partial charge in [0.2, 0.25) is 0 Å². The maximum atomic E-state index is 9.64. The molecular formula is C23H21N3O. The lowest BCUT2D eigenvalue weighted by Crippen LogP contribution is -2.10. The lowest BCUT2D eigenvalue weighted by atomic mass is 10.0. The van der Waals surface area contributed by atoms with Crippen LogP contribution >= 0.6 is 0 Å². The smallest absolute Gasteiger partial charge is 0.140 e. The first-order valence-electron chi connectivity index (χ1n) is 9.03. The lowest BCUT2D eigenvalue weighted by Gasteiger charge is -2.09. The first kappa shape index (κ1) is 17.2. The van der Waals surface area contributed by atoms with Crippen LogP contribution in [0.3, 0.4) is 0 Å². The van der Waals surface area contributed by atoms with E-state index in [1.807, 2.05) is 59.3 Å². The Morgan fingerprint density at radius 1 is 1.00 bits per heavy atom. The molecule has 0 bridgehead atoms. The van der Waals surface area contributed by atoms with Crippen molar-refractivity contribution in [3.63, 3.8) is 0 Å². The molecule has 1 atom stereocenters. The topological polar surface area (TPSA) is 50.4 Å². The number of aliphatic hydroxyl groups is 1. The zero-order valence-electron chi connectivity index (χ0n) is 15.2. The van der Waals surface area contributed by atoms with Crippen molar-refractivity contribution >= 4 is 22.4 Å².